The molecule has 0 saturated heterocycles. The van der Waals surface area contributed by atoms with Crippen molar-refractivity contribution in [3.8, 4) is 23.0 Å². The SMILES string of the molecule is COc1cc(O)c(OC)c2c1C(=O)CCO2. The number of aromatic hydroxyl groups is 1. The highest BCUT2D eigenvalue weighted by atomic mass is 16.5. The zero-order valence-corrected chi connectivity index (χ0v) is 9.07. The highest BCUT2D eigenvalue weighted by Crippen LogP contribution is 2.46. The zero-order chi connectivity index (χ0) is 11.7. The molecule has 5 nitrogen and oxygen atoms in total. The molecule has 2 rings (SSSR count). The van der Waals surface area contributed by atoms with Gasteiger partial charge in [-0.2, -0.15) is 0 Å². The largest absolute Gasteiger partial charge is 0.504 e. The summed E-state index contributed by atoms with van der Waals surface area (Å²) in [6, 6.07) is 1.35. The molecule has 16 heavy (non-hydrogen) atoms. The van der Waals surface area contributed by atoms with E-state index in [0.29, 0.717) is 17.7 Å². The first-order chi connectivity index (χ1) is 7.69. The number of benzene rings is 1. The van der Waals surface area contributed by atoms with E-state index in [1.165, 1.54) is 20.3 Å². The molecule has 0 unspecified atom stereocenters. The van der Waals surface area contributed by atoms with Crippen LogP contribution in [0.25, 0.3) is 0 Å². The summed E-state index contributed by atoms with van der Waals surface area (Å²) in [7, 11) is 2.84. The molecule has 0 aliphatic carbocycles. The monoisotopic (exact) mass is 224 g/mol. The number of ketones is 1. The van der Waals surface area contributed by atoms with Gasteiger partial charge in [-0.1, -0.05) is 0 Å². The number of methoxy groups -OCH3 is 2. The van der Waals surface area contributed by atoms with E-state index >= 15 is 0 Å². The molecule has 1 N–H and O–H groups in total. The Morgan fingerprint density at radius 1 is 1.38 bits per heavy atom. The Balaban J connectivity index is 2.70. The summed E-state index contributed by atoms with van der Waals surface area (Å²) in [5.74, 6) is 0.557. The van der Waals surface area contributed by atoms with E-state index in [9.17, 15) is 9.90 Å². The van der Waals surface area contributed by atoms with E-state index < -0.39 is 0 Å². The topological polar surface area (TPSA) is 65.0 Å². The minimum Gasteiger partial charge on any atom is -0.504 e. The normalized spacial score (nSPS) is 14.0. The fourth-order valence-corrected chi connectivity index (χ4v) is 1.73. The second-order valence-electron chi connectivity index (χ2n) is 3.36. The number of phenols is 1. The molecular weight excluding hydrogens is 212 g/mol. The van der Waals surface area contributed by atoms with Crippen LogP contribution in [0.2, 0.25) is 0 Å². The predicted molar refractivity (Wildman–Crippen MR) is 55.7 cm³/mol. The van der Waals surface area contributed by atoms with Gasteiger partial charge in [-0.3, -0.25) is 4.79 Å². The maximum Gasteiger partial charge on any atom is 0.204 e. The maximum atomic E-state index is 11.7. The van der Waals surface area contributed by atoms with Crippen molar-refractivity contribution in [2.75, 3.05) is 20.8 Å². The standard InChI is InChI=1S/C11H12O5/c1-14-8-5-7(13)10(15-2)11-9(8)6(12)3-4-16-11/h5,13H,3-4H2,1-2H3. The summed E-state index contributed by atoms with van der Waals surface area (Å²) in [5.41, 5.74) is 0.336. The lowest BCUT2D eigenvalue weighted by atomic mass is 10.0. The van der Waals surface area contributed by atoms with Gasteiger partial charge in [0.05, 0.1) is 20.8 Å². The Morgan fingerprint density at radius 2 is 2.12 bits per heavy atom. The van der Waals surface area contributed by atoms with Crippen LogP contribution in [0.3, 0.4) is 0 Å². The van der Waals surface area contributed by atoms with E-state index in [-0.39, 0.29) is 29.6 Å². The summed E-state index contributed by atoms with van der Waals surface area (Å²) < 4.78 is 15.4. The lowest BCUT2D eigenvalue weighted by Gasteiger charge is -2.21. The third-order valence-electron chi connectivity index (χ3n) is 2.46. The summed E-state index contributed by atoms with van der Waals surface area (Å²) in [4.78, 5) is 11.7. The van der Waals surface area contributed by atoms with Gasteiger partial charge in [0.1, 0.15) is 11.3 Å². The van der Waals surface area contributed by atoms with E-state index in [0.717, 1.165) is 0 Å². The molecule has 1 aliphatic heterocycles. The van der Waals surface area contributed by atoms with Crippen LogP contribution in [0, 0.1) is 0 Å². The fourth-order valence-electron chi connectivity index (χ4n) is 1.73. The van der Waals surface area contributed by atoms with Gasteiger partial charge < -0.3 is 19.3 Å². The lowest BCUT2D eigenvalue weighted by molar-refractivity contribution is 0.0925. The first kappa shape index (κ1) is 10.6. The minimum absolute atomic E-state index is 0.0728. The van der Waals surface area contributed by atoms with E-state index in [1.807, 2.05) is 0 Å². The van der Waals surface area contributed by atoms with Crippen molar-refractivity contribution in [3.63, 3.8) is 0 Å². The molecule has 86 valence electrons. The van der Waals surface area contributed by atoms with Crippen LogP contribution in [0.4, 0.5) is 0 Å². The molecule has 0 bridgehead atoms. The van der Waals surface area contributed by atoms with Crippen molar-refractivity contribution in [1.29, 1.82) is 0 Å². The third kappa shape index (κ3) is 1.44. The molecule has 5 heteroatoms. The van der Waals surface area contributed by atoms with Crippen LogP contribution in [0.15, 0.2) is 6.07 Å². The number of fused-ring (bicyclic) bond motifs is 1. The molecule has 0 aromatic heterocycles. The summed E-state index contributed by atoms with van der Waals surface area (Å²) in [5, 5.41) is 9.67. The molecule has 0 amide bonds. The minimum atomic E-state index is -0.104. The molecule has 1 heterocycles. The average Bonchev–Trinajstić information content (AvgIpc) is 2.28. The summed E-state index contributed by atoms with van der Waals surface area (Å²) in [6.45, 7) is 0.287. The number of phenolic OH excluding ortho intramolecular Hbond substituents is 1. The van der Waals surface area contributed by atoms with E-state index in [2.05, 4.69) is 0 Å². The van der Waals surface area contributed by atoms with Crippen LogP contribution in [-0.2, 0) is 0 Å². The second kappa shape index (κ2) is 3.92. The smallest absolute Gasteiger partial charge is 0.204 e. The second-order valence-corrected chi connectivity index (χ2v) is 3.36. The van der Waals surface area contributed by atoms with E-state index in [4.69, 9.17) is 14.2 Å². The molecule has 0 radical (unpaired) electrons. The van der Waals surface area contributed by atoms with Crippen LogP contribution in [-0.4, -0.2) is 31.7 Å². The molecular formula is C11H12O5. The highest BCUT2D eigenvalue weighted by molar-refractivity contribution is 6.03. The Hall–Kier alpha value is -1.91. The van der Waals surface area contributed by atoms with Gasteiger partial charge in [0.25, 0.3) is 0 Å². The van der Waals surface area contributed by atoms with Gasteiger partial charge in [0, 0.05) is 12.5 Å². The van der Waals surface area contributed by atoms with Gasteiger partial charge in [0.15, 0.2) is 17.3 Å². The molecule has 0 saturated carbocycles. The number of Topliss-reactive ketones (excluding diaryl/α,β-unsaturated/α-hetero) is 1. The van der Waals surface area contributed by atoms with E-state index in [1.54, 1.807) is 0 Å². The zero-order valence-electron chi connectivity index (χ0n) is 9.07. The molecule has 0 atom stereocenters. The summed E-state index contributed by atoms with van der Waals surface area (Å²) in [6.07, 6.45) is 0.303. The van der Waals surface area contributed by atoms with Crippen molar-refractivity contribution in [2.45, 2.75) is 6.42 Å². The Bertz CT molecular complexity index is 438. The average molecular weight is 224 g/mol. The van der Waals surface area contributed by atoms with Crippen molar-refractivity contribution in [3.05, 3.63) is 11.6 Å². The number of carbonyl (C=O) groups is 1. The maximum absolute atomic E-state index is 11.7. The Labute approximate surface area is 92.5 Å². The molecule has 0 fully saturated rings. The van der Waals surface area contributed by atoms with Gasteiger partial charge in [-0.05, 0) is 0 Å². The number of rotatable bonds is 2. The molecule has 1 aromatic carbocycles. The predicted octanol–water partition coefficient (Wildman–Crippen LogP) is 1.37. The Morgan fingerprint density at radius 3 is 2.75 bits per heavy atom. The summed E-state index contributed by atoms with van der Waals surface area (Å²) >= 11 is 0. The van der Waals surface area contributed by atoms with Gasteiger partial charge in [-0.25, -0.2) is 0 Å². The van der Waals surface area contributed by atoms with Crippen molar-refractivity contribution in [2.24, 2.45) is 0 Å². The first-order valence-electron chi connectivity index (χ1n) is 4.83. The highest BCUT2D eigenvalue weighted by Gasteiger charge is 2.29. The number of carbonyl (C=O) groups excluding carboxylic acids is 1. The number of ether oxygens (including phenoxy) is 3. The van der Waals surface area contributed by atoms with Crippen molar-refractivity contribution >= 4 is 5.78 Å². The molecule has 1 aliphatic rings. The molecule has 1 aromatic rings. The van der Waals surface area contributed by atoms with Crippen molar-refractivity contribution in [1.82, 2.24) is 0 Å². The van der Waals surface area contributed by atoms with Crippen LogP contribution < -0.4 is 14.2 Å². The Kier molecular flexibility index (Phi) is 2.60. The number of hydrogen-bond acceptors (Lipinski definition) is 5. The first-order valence-corrected chi connectivity index (χ1v) is 4.83. The quantitative estimate of drug-likeness (QED) is 0.822. The fraction of sp³-hybridized carbons (Fsp3) is 0.364. The van der Waals surface area contributed by atoms with Crippen molar-refractivity contribution < 1.29 is 24.1 Å². The van der Waals surface area contributed by atoms with Gasteiger partial charge >= 0.3 is 0 Å². The number of hydrogen-bond donors (Lipinski definition) is 1. The van der Waals surface area contributed by atoms with Crippen LogP contribution in [0.5, 0.6) is 23.0 Å². The van der Waals surface area contributed by atoms with Crippen LogP contribution in [0.1, 0.15) is 16.8 Å². The van der Waals surface area contributed by atoms with Gasteiger partial charge in [-0.15, -0.1) is 0 Å². The third-order valence-corrected chi connectivity index (χ3v) is 2.46. The molecule has 0 spiro atoms. The lowest BCUT2D eigenvalue weighted by Crippen LogP contribution is -2.17. The van der Waals surface area contributed by atoms with Crippen LogP contribution >= 0.6 is 0 Å². The van der Waals surface area contributed by atoms with Gasteiger partial charge in [0.2, 0.25) is 5.75 Å².